The molecule has 0 aromatic carbocycles. The fraction of sp³-hybridized carbons (Fsp3) is 0.462. The second-order valence-corrected chi connectivity index (χ2v) is 6.34. The maximum Gasteiger partial charge on any atom is 0.187 e. The molecule has 0 amide bonds. The molecule has 0 saturated carbocycles. The molecule has 0 radical (unpaired) electrons. The second-order valence-electron chi connectivity index (χ2n) is 4.54. The maximum absolute atomic E-state index is 5.80. The van der Waals surface area contributed by atoms with Crippen LogP contribution in [0.1, 0.15) is 25.5 Å². The van der Waals surface area contributed by atoms with E-state index in [4.69, 9.17) is 4.74 Å². The van der Waals surface area contributed by atoms with E-state index in [2.05, 4.69) is 37.7 Å². The highest BCUT2D eigenvalue weighted by atomic mass is 127. The molecule has 0 spiro atoms. The summed E-state index contributed by atoms with van der Waals surface area (Å²) in [5.41, 5.74) is 1.95. The Kier molecular flexibility index (Phi) is 4.57. The lowest BCUT2D eigenvalue weighted by Gasteiger charge is -2.23. The Bertz CT molecular complexity index is 598. The molecule has 1 aliphatic heterocycles. The highest BCUT2D eigenvalue weighted by Crippen LogP contribution is 2.29. The predicted molar refractivity (Wildman–Crippen MR) is 86.6 cm³/mol. The van der Waals surface area contributed by atoms with Crippen molar-refractivity contribution >= 4 is 34.4 Å². The van der Waals surface area contributed by atoms with Crippen LogP contribution in [0.3, 0.4) is 0 Å². The third-order valence-electron chi connectivity index (χ3n) is 3.26. The molecule has 1 aliphatic rings. The molecule has 1 unspecified atom stereocenters. The van der Waals surface area contributed by atoms with Crippen LogP contribution in [0.25, 0.3) is 11.3 Å². The molecule has 1 atom stereocenters. The number of aromatic nitrogens is 4. The van der Waals surface area contributed by atoms with E-state index in [1.807, 2.05) is 23.2 Å². The van der Waals surface area contributed by atoms with E-state index in [-0.39, 0.29) is 6.23 Å². The summed E-state index contributed by atoms with van der Waals surface area (Å²) >= 11 is 3.86. The summed E-state index contributed by atoms with van der Waals surface area (Å²) < 4.78 is 8.84. The summed E-state index contributed by atoms with van der Waals surface area (Å²) in [4.78, 5) is 8.74. The van der Waals surface area contributed by atoms with E-state index in [1.165, 1.54) is 6.42 Å². The van der Waals surface area contributed by atoms with E-state index in [0.29, 0.717) is 0 Å². The van der Waals surface area contributed by atoms with Gasteiger partial charge in [0.25, 0.3) is 0 Å². The van der Waals surface area contributed by atoms with Gasteiger partial charge < -0.3 is 4.74 Å². The van der Waals surface area contributed by atoms with Crippen LogP contribution >= 0.6 is 34.4 Å². The zero-order valence-corrected chi connectivity index (χ0v) is 14.1. The summed E-state index contributed by atoms with van der Waals surface area (Å²) in [6.07, 6.45) is 9.06. The summed E-state index contributed by atoms with van der Waals surface area (Å²) in [6, 6.07) is 1.92. The zero-order chi connectivity index (χ0) is 13.9. The molecule has 1 fully saturated rings. The summed E-state index contributed by atoms with van der Waals surface area (Å²) in [5.74, 6) is 0. The lowest BCUT2D eigenvalue weighted by atomic mass is 10.2. The minimum Gasteiger partial charge on any atom is -0.356 e. The molecule has 0 N–H and O–H groups in total. The van der Waals surface area contributed by atoms with Gasteiger partial charge >= 0.3 is 0 Å². The molecule has 0 bridgehead atoms. The molecule has 2 aromatic heterocycles. The fourth-order valence-corrected chi connectivity index (χ4v) is 3.43. The van der Waals surface area contributed by atoms with Gasteiger partial charge in [-0.15, -0.1) is 0 Å². The van der Waals surface area contributed by atoms with E-state index in [9.17, 15) is 0 Å². The molecule has 3 heterocycles. The molecule has 5 nitrogen and oxygen atoms in total. The summed E-state index contributed by atoms with van der Waals surface area (Å²) in [5, 5.41) is 5.27. The van der Waals surface area contributed by atoms with Crippen LogP contribution in [0, 0.1) is 3.70 Å². The van der Waals surface area contributed by atoms with Gasteiger partial charge in [-0.3, -0.25) is 0 Å². The molecule has 7 heteroatoms. The van der Waals surface area contributed by atoms with Crippen LogP contribution in [0.2, 0.25) is 0 Å². The number of thioether (sulfide) groups is 1. The maximum atomic E-state index is 5.80. The fourth-order valence-electron chi connectivity index (χ4n) is 2.23. The number of rotatable bonds is 3. The van der Waals surface area contributed by atoms with Gasteiger partial charge in [-0.05, 0) is 54.2 Å². The first-order valence-electron chi connectivity index (χ1n) is 6.51. The Morgan fingerprint density at radius 1 is 1.45 bits per heavy atom. The van der Waals surface area contributed by atoms with Crippen LogP contribution in [-0.2, 0) is 4.74 Å². The quantitative estimate of drug-likeness (QED) is 0.448. The lowest BCUT2D eigenvalue weighted by molar-refractivity contribution is -0.0410. The third-order valence-corrected chi connectivity index (χ3v) is 4.89. The van der Waals surface area contributed by atoms with Crippen LogP contribution in [0.15, 0.2) is 23.6 Å². The van der Waals surface area contributed by atoms with Crippen molar-refractivity contribution in [3.05, 3.63) is 22.2 Å². The molecule has 2 aromatic rings. The smallest absolute Gasteiger partial charge is 0.187 e. The molecular formula is C13H15IN4OS. The van der Waals surface area contributed by atoms with Gasteiger partial charge in [0.2, 0.25) is 0 Å². The predicted octanol–water partition coefficient (Wildman–Crippen LogP) is 3.37. The average Bonchev–Trinajstić information content (AvgIpc) is 2.90. The highest BCUT2D eigenvalue weighted by molar-refractivity contribution is 14.1. The first kappa shape index (κ1) is 14.3. The summed E-state index contributed by atoms with van der Waals surface area (Å²) in [7, 11) is 0. The van der Waals surface area contributed by atoms with E-state index < -0.39 is 0 Å². The van der Waals surface area contributed by atoms with Gasteiger partial charge in [0.1, 0.15) is 3.70 Å². The van der Waals surface area contributed by atoms with Crippen molar-refractivity contribution in [2.45, 2.75) is 30.6 Å². The Morgan fingerprint density at radius 3 is 3.10 bits per heavy atom. The lowest BCUT2D eigenvalue weighted by Crippen LogP contribution is -2.20. The number of hydrogen-bond acceptors (Lipinski definition) is 5. The second kappa shape index (κ2) is 6.40. The van der Waals surface area contributed by atoms with Crippen LogP contribution < -0.4 is 0 Å². The minimum absolute atomic E-state index is 0.0613. The Labute approximate surface area is 135 Å². The zero-order valence-electron chi connectivity index (χ0n) is 11.1. The minimum atomic E-state index is 0.0613. The number of nitrogens with zero attached hydrogens (tertiary/aromatic N) is 4. The summed E-state index contributed by atoms with van der Waals surface area (Å²) in [6.45, 7) is 0.820. The van der Waals surface area contributed by atoms with Gasteiger partial charge in [-0.25, -0.2) is 14.6 Å². The average molecular weight is 402 g/mol. The van der Waals surface area contributed by atoms with Crippen LogP contribution in [0.5, 0.6) is 0 Å². The van der Waals surface area contributed by atoms with Gasteiger partial charge in [0.15, 0.2) is 11.4 Å². The largest absolute Gasteiger partial charge is 0.356 e. The Morgan fingerprint density at radius 2 is 2.35 bits per heavy atom. The molecule has 0 aliphatic carbocycles. The normalized spacial score (nSPS) is 19.2. The molecule has 1 saturated heterocycles. The van der Waals surface area contributed by atoms with Gasteiger partial charge in [-0.2, -0.15) is 5.10 Å². The van der Waals surface area contributed by atoms with Gasteiger partial charge in [0.05, 0.1) is 17.5 Å². The van der Waals surface area contributed by atoms with Crippen molar-refractivity contribution in [1.82, 2.24) is 19.7 Å². The van der Waals surface area contributed by atoms with Gasteiger partial charge in [-0.1, -0.05) is 11.8 Å². The molecule has 106 valence electrons. The monoisotopic (exact) mass is 402 g/mol. The van der Waals surface area contributed by atoms with Crippen molar-refractivity contribution < 1.29 is 4.74 Å². The number of hydrogen-bond donors (Lipinski definition) is 0. The van der Waals surface area contributed by atoms with Crippen molar-refractivity contribution in [3.8, 4) is 11.3 Å². The van der Waals surface area contributed by atoms with Crippen molar-refractivity contribution in [2.24, 2.45) is 0 Å². The number of ether oxygens (including phenoxy) is 1. The number of halogens is 1. The van der Waals surface area contributed by atoms with E-state index in [0.717, 1.165) is 39.6 Å². The van der Waals surface area contributed by atoms with Crippen molar-refractivity contribution in [1.29, 1.82) is 0 Å². The van der Waals surface area contributed by atoms with Crippen molar-refractivity contribution in [2.75, 3.05) is 12.9 Å². The molecule has 20 heavy (non-hydrogen) atoms. The van der Waals surface area contributed by atoms with Gasteiger partial charge in [0, 0.05) is 12.8 Å². The van der Waals surface area contributed by atoms with E-state index in [1.54, 1.807) is 18.0 Å². The van der Waals surface area contributed by atoms with Crippen molar-refractivity contribution in [3.63, 3.8) is 0 Å². The Hall–Kier alpha value is -0.670. The standard InChI is InChI=1S/C13H15IN4OS/c1-20-13-15-6-5-10(17-13)9-8-16-18(12(9)14)11-4-2-3-7-19-11/h5-6,8,11H,2-4,7H2,1H3. The highest BCUT2D eigenvalue weighted by Gasteiger charge is 2.21. The van der Waals surface area contributed by atoms with E-state index >= 15 is 0 Å². The first-order chi connectivity index (χ1) is 9.79. The molecular weight excluding hydrogens is 387 g/mol. The third kappa shape index (κ3) is 2.84. The van der Waals surface area contributed by atoms with Crippen LogP contribution in [-0.4, -0.2) is 32.6 Å². The first-order valence-corrected chi connectivity index (χ1v) is 8.82. The topological polar surface area (TPSA) is 52.8 Å². The Balaban J connectivity index is 1.92. The van der Waals surface area contributed by atoms with Crippen LogP contribution in [0.4, 0.5) is 0 Å². The molecule has 3 rings (SSSR count). The SMILES string of the molecule is CSc1nccc(-c2cnn(C3CCCCO3)c2I)n1.